The molecule has 0 aliphatic heterocycles. The van der Waals surface area contributed by atoms with E-state index >= 15 is 0 Å². The van der Waals surface area contributed by atoms with E-state index in [2.05, 4.69) is 52.8 Å². The van der Waals surface area contributed by atoms with Crippen LogP contribution in [0.4, 0.5) is 5.69 Å². The molecule has 1 unspecified atom stereocenters. The highest BCUT2D eigenvalue weighted by Crippen LogP contribution is 2.34. The van der Waals surface area contributed by atoms with Gasteiger partial charge in [-0.15, -0.1) is 0 Å². The summed E-state index contributed by atoms with van der Waals surface area (Å²) in [6.07, 6.45) is 8.32. The summed E-state index contributed by atoms with van der Waals surface area (Å²) >= 11 is 0. The van der Waals surface area contributed by atoms with E-state index in [1.54, 1.807) is 60.7 Å². The third kappa shape index (κ3) is 15.5. The van der Waals surface area contributed by atoms with Gasteiger partial charge >= 0.3 is 20.2 Å². The fourth-order valence-electron chi connectivity index (χ4n) is 6.14. The molecule has 3 aromatic carbocycles. The molecule has 0 radical (unpaired) electrons. The Hall–Kier alpha value is -3.30. The van der Waals surface area contributed by atoms with E-state index in [1.165, 1.54) is 6.07 Å². The van der Waals surface area contributed by atoms with Gasteiger partial charge in [-0.25, -0.2) is 4.79 Å². The number of esters is 1. The zero-order chi connectivity index (χ0) is 37.7. The summed E-state index contributed by atoms with van der Waals surface area (Å²) in [6.45, 7) is 20.3. The first kappa shape index (κ1) is 42.1. The van der Waals surface area contributed by atoms with Crippen molar-refractivity contribution in [3.63, 3.8) is 0 Å². The minimum atomic E-state index is -2.10. The number of benzene rings is 3. The standard InChI is InChI=1S/C39H59NO8Si3/c1-10-11-14-17-31(2)45-38-27-22-34(30-37(38)40(42)43)32-18-25-36(26-19-32)46-39(41)33-20-23-35(24-21-33)44-28-15-12-13-16-29-50(6,7)48-51(8,9)47-49(3,4)5/h18-27,30-31H,10-17,28-29H2,1-9H3. The van der Waals surface area contributed by atoms with Crippen LogP contribution in [0.25, 0.3) is 11.1 Å². The maximum atomic E-state index is 12.8. The summed E-state index contributed by atoms with van der Waals surface area (Å²) in [5.74, 6) is 0.877. The number of hydrogen-bond acceptors (Lipinski definition) is 8. The average molecular weight is 754 g/mol. The Morgan fingerprint density at radius 3 is 2.02 bits per heavy atom. The third-order valence-electron chi connectivity index (χ3n) is 8.20. The first-order valence-corrected chi connectivity index (χ1v) is 27.7. The van der Waals surface area contributed by atoms with Crippen LogP contribution in [-0.2, 0) is 8.23 Å². The number of carbonyl (C=O) groups is 1. The Bertz CT molecular complexity index is 1540. The molecule has 0 fully saturated rings. The van der Waals surface area contributed by atoms with Crippen molar-refractivity contribution in [1.29, 1.82) is 0 Å². The van der Waals surface area contributed by atoms with Crippen LogP contribution < -0.4 is 14.2 Å². The second-order valence-electron chi connectivity index (χ2n) is 15.3. The van der Waals surface area contributed by atoms with Crippen LogP contribution in [0.3, 0.4) is 0 Å². The number of carbonyl (C=O) groups excluding carboxylic acids is 1. The van der Waals surface area contributed by atoms with E-state index in [4.69, 9.17) is 22.4 Å². The van der Waals surface area contributed by atoms with Gasteiger partial charge < -0.3 is 22.4 Å². The van der Waals surface area contributed by atoms with Crippen LogP contribution in [0, 0.1) is 10.1 Å². The summed E-state index contributed by atoms with van der Waals surface area (Å²) in [7, 11) is -5.48. The van der Waals surface area contributed by atoms with Crippen LogP contribution in [0.5, 0.6) is 17.2 Å². The topological polar surface area (TPSA) is 106 Å². The molecule has 51 heavy (non-hydrogen) atoms. The molecule has 9 nitrogen and oxygen atoms in total. The Balaban J connectivity index is 1.42. The summed E-state index contributed by atoms with van der Waals surface area (Å²) in [6, 6.07) is 20.0. The number of nitro groups is 1. The predicted octanol–water partition coefficient (Wildman–Crippen LogP) is 11.5. The van der Waals surface area contributed by atoms with Crippen molar-refractivity contribution < 1.29 is 32.2 Å². The van der Waals surface area contributed by atoms with Crippen molar-refractivity contribution in [3.8, 4) is 28.4 Å². The van der Waals surface area contributed by atoms with Gasteiger partial charge in [0.05, 0.1) is 23.2 Å². The smallest absolute Gasteiger partial charge is 0.343 e. The number of unbranched alkanes of at least 4 members (excludes halogenated alkanes) is 5. The van der Waals surface area contributed by atoms with Crippen LogP contribution in [0.1, 0.15) is 75.6 Å². The highest BCUT2D eigenvalue weighted by atomic mass is 28.5. The number of rotatable bonds is 22. The molecule has 3 rings (SSSR count). The van der Waals surface area contributed by atoms with Crippen LogP contribution in [0.2, 0.25) is 51.9 Å². The van der Waals surface area contributed by atoms with Gasteiger partial charge in [-0.1, -0.05) is 57.2 Å². The average Bonchev–Trinajstić information content (AvgIpc) is 3.03. The van der Waals surface area contributed by atoms with Gasteiger partial charge in [0.2, 0.25) is 0 Å². The van der Waals surface area contributed by atoms with E-state index in [0.29, 0.717) is 29.2 Å². The molecule has 0 heterocycles. The molecular formula is C39H59NO8Si3. The minimum absolute atomic E-state index is 0.0748. The number of ether oxygens (including phenoxy) is 3. The molecule has 280 valence electrons. The van der Waals surface area contributed by atoms with Crippen LogP contribution in [-0.4, -0.2) is 48.8 Å². The normalized spacial score (nSPS) is 12.7. The number of nitro benzene ring substituents is 1. The van der Waals surface area contributed by atoms with Gasteiger partial charge in [0.25, 0.3) is 0 Å². The van der Waals surface area contributed by atoms with E-state index in [0.717, 1.165) is 63.0 Å². The van der Waals surface area contributed by atoms with Gasteiger partial charge in [0.1, 0.15) is 11.5 Å². The Labute approximate surface area is 308 Å². The van der Waals surface area contributed by atoms with Gasteiger partial charge in [-0.3, -0.25) is 10.1 Å². The SMILES string of the molecule is CCCCCC(C)Oc1ccc(-c2ccc(OC(=O)c3ccc(OCCCCCC[Si](C)(C)O[Si](C)(C)O[Si](C)(C)C)cc3)cc2)cc1[N+](=O)[O-]. The van der Waals surface area contributed by atoms with Crippen LogP contribution in [0.15, 0.2) is 66.7 Å². The second-order valence-corrected chi connectivity index (χ2v) is 28.0. The Kier molecular flexibility index (Phi) is 16.1. The largest absolute Gasteiger partial charge is 0.494 e. The maximum absolute atomic E-state index is 12.8. The zero-order valence-electron chi connectivity index (χ0n) is 32.2. The highest BCUT2D eigenvalue weighted by Gasteiger charge is 2.37. The summed E-state index contributed by atoms with van der Waals surface area (Å²) in [4.78, 5) is 24.2. The predicted molar refractivity (Wildman–Crippen MR) is 213 cm³/mol. The lowest BCUT2D eigenvalue weighted by molar-refractivity contribution is -0.386. The quantitative estimate of drug-likeness (QED) is 0.0249. The van der Waals surface area contributed by atoms with Crippen molar-refractivity contribution >= 4 is 36.9 Å². The second kappa shape index (κ2) is 19.5. The molecule has 0 bridgehead atoms. The van der Waals surface area contributed by atoms with E-state index < -0.39 is 36.1 Å². The Morgan fingerprint density at radius 1 is 0.765 bits per heavy atom. The molecule has 0 amide bonds. The lowest BCUT2D eigenvalue weighted by Crippen LogP contribution is -2.51. The molecular weight excluding hydrogens is 695 g/mol. The molecule has 0 aliphatic carbocycles. The first-order chi connectivity index (χ1) is 24.0. The molecule has 1 atom stereocenters. The number of hydrogen-bond donors (Lipinski definition) is 0. The fraction of sp³-hybridized carbons (Fsp3) is 0.513. The van der Waals surface area contributed by atoms with Gasteiger partial charge in [0.15, 0.2) is 22.4 Å². The van der Waals surface area contributed by atoms with Crippen molar-refractivity contribution in [1.82, 2.24) is 0 Å². The van der Waals surface area contributed by atoms with Gasteiger partial charge in [-0.2, -0.15) is 0 Å². The Morgan fingerprint density at radius 2 is 1.39 bits per heavy atom. The lowest BCUT2D eigenvalue weighted by Gasteiger charge is -2.37. The summed E-state index contributed by atoms with van der Waals surface area (Å²) in [5, 5.41) is 11.8. The van der Waals surface area contributed by atoms with E-state index in [-0.39, 0.29) is 17.5 Å². The van der Waals surface area contributed by atoms with Crippen LogP contribution >= 0.6 is 0 Å². The first-order valence-electron chi connectivity index (χ1n) is 18.4. The summed E-state index contributed by atoms with van der Waals surface area (Å²) < 4.78 is 30.4. The molecule has 0 aliphatic rings. The van der Waals surface area contributed by atoms with Crippen molar-refractivity contribution in [3.05, 3.63) is 82.4 Å². The molecule has 0 saturated heterocycles. The molecule has 3 aromatic rings. The van der Waals surface area contributed by atoms with Crippen molar-refractivity contribution in [2.24, 2.45) is 0 Å². The summed E-state index contributed by atoms with van der Waals surface area (Å²) in [5.41, 5.74) is 1.77. The number of nitrogens with zero attached hydrogens (tertiary/aromatic N) is 1. The molecule has 0 aromatic heterocycles. The van der Waals surface area contributed by atoms with Crippen molar-refractivity contribution in [2.45, 2.75) is 123 Å². The minimum Gasteiger partial charge on any atom is -0.494 e. The van der Waals surface area contributed by atoms with E-state index in [9.17, 15) is 14.9 Å². The third-order valence-corrected chi connectivity index (χ3v) is 18.4. The lowest BCUT2D eigenvalue weighted by atomic mass is 10.0. The monoisotopic (exact) mass is 753 g/mol. The molecule has 0 N–H and O–H groups in total. The highest BCUT2D eigenvalue weighted by molar-refractivity contribution is 6.87. The molecule has 12 heteroatoms. The molecule has 0 saturated carbocycles. The maximum Gasteiger partial charge on any atom is 0.343 e. The zero-order valence-corrected chi connectivity index (χ0v) is 35.2. The van der Waals surface area contributed by atoms with Crippen molar-refractivity contribution in [2.75, 3.05) is 6.61 Å². The van der Waals surface area contributed by atoms with Gasteiger partial charge in [-0.05, 0) is 132 Å². The fourth-order valence-corrected chi connectivity index (χ4v) is 19.4. The van der Waals surface area contributed by atoms with Gasteiger partial charge in [0, 0.05) is 6.07 Å². The van der Waals surface area contributed by atoms with E-state index in [1.807, 2.05) is 6.92 Å². The molecule has 0 spiro atoms.